The van der Waals surface area contributed by atoms with Crippen LogP contribution in [0, 0.1) is 11.6 Å². The van der Waals surface area contributed by atoms with E-state index in [-0.39, 0.29) is 27.4 Å². The Morgan fingerprint density at radius 2 is 2.10 bits per heavy atom. The molecule has 1 aliphatic heterocycles. The quantitative estimate of drug-likeness (QED) is 0.479. The Hall–Kier alpha value is -2.98. The molecule has 10 heteroatoms. The van der Waals surface area contributed by atoms with Crippen molar-refractivity contribution in [3.05, 3.63) is 74.7 Å². The zero-order valence-electron chi connectivity index (χ0n) is 15.7. The Morgan fingerprint density at radius 3 is 2.87 bits per heavy atom. The first-order valence-corrected chi connectivity index (χ1v) is 10.8. The third kappa shape index (κ3) is 3.31. The van der Waals surface area contributed by atoms with Crippen LogP contribution in [0.5, 0.6) is 0 Å². The standard InChI is InChI=1S/C20H15F2N5OS2/c1-26-8-11(7-23-26)15-9-27(10-17-13(15)4-5-29-17)20(28)19-25-24-18(30-19)14-3-2-12(21)6-16(14)22/h2-8,15H,9-10H2,1H3/t15-/m0/s1. The second-order valence-corrected chi connectivity index (χ2v) is 9.00. The number of hydrogen-bond donors (Lipinski definition) is 0. The first kappa shape index (κ1) is 19.0. The Labute approximate surface area is 178 Å². The Kier molecular flexibility index (Phi) is 4.67. The summed E-state index contributed by atoms with van der Waals surface area (Å²) in [6, 6.07) is 5.35. The van der Waals surface area contributed by atoms with Crippen molar-refractivity contribution in [1.82, 2.24) is 24.9 Å². The van der Waals surface area contributed by atoms with E-state index in [1.165, 1.54) is 11.6 Å². The molecule has 152 valence electrons. The molecule has 6 nitrogen and oxygen atoms in total. The summed E-state index contributed by atoms with van der Waals surface area (Å²) in [5, 5.41) is 14.7. The number of fused-ring (bicyclic) bond motifs is 1. The summed E-state index contributed by atoms with van der Waals surface area (Å²) in [6.07, 6.45) is 3.78. The SMILES string of the molecule is Cn1cc([C@@H]2CN(C(=O)c3nnc(-c4ccc(F)cc4F)s3)Cc3sccc32)cn1. The average Bonchev–Trinajstić information content (AvgIpc) is 3.47. The lowest BCUT2D eigenvalue weighted by atomic mass is 9.90. The highest BCUT2D eigenvalue weighted by atomic mass is 32.1. The van der Waals surface area contributed by atoms with E-state index < -0.39 is 11.6 Å². The summed E-state index contributed by atoms with van der Waals surface area (Å²) in [5.74, 6) is -1.63. The maximum Gasteiger partial charge on any atom is 0.285 e. The second-order valence-electron chi connectivity index (χ2n) is 7.02. The van der Waals surface area contributed by atoms with Gasteiger partial charge in [0.05, 0.1) is 12.7 Å². The first-order valence-electron chi connectivity index (χ1n) is 9.12. The summed E-state index contributed by atoms with van der Waals surface area (Å²) >= 11 is 2.62. The van der Waals surface area contributed by atoms with Crippen LogP contribution in [0.3, 0.4) is 0 Å². The predicted molar refractivity (Wildman–Crippen MR) is 109 cm³/mol. The summed E-state index contributed by atoms with van der Waals surface area (Å²) in [5.41, 5.74) is 2.38. The highest BCUT2D eigenvalue weighted by molar-refractivity contribution is 7.16. The molecule has 0 unspecified atom stereocenters. The minimum atomic E-state index is -0.733. The molecule has 3 aromatic heterocycles. The van der Waals surface area contributed by atoms with Gasteiger partial charge in [-0.1, -0.05) is 11.3 Å². The molecular formula is C20H15F2N5OS2. The van der Waals surface area contributed by atoms with Crippen molar-refractivity contribution >= 4 is 28.6 Å². The number of carbonyl (C=O) groups excluding carboxylic acids is 1. The second kappa shape index (κ2) is 7.37. The van der Waals surface area contributed by atoms with Crippen molar-refractivity contribution in [2.75, 3.05) is 6.54 Å². The van der Waals surface area contributed by atoms with Crippen molar-refractivity contribution in [1.29, 1.82) is 0 Å². The van der Waals surface area contributed by atoms with E-state index in [1.807, 2.05) is 24.8 Å². The fraction of sp³-hybridized carbons (Fsp3) is 0.200. The molecule has 0 saturated heterocycles. The van der Waals surface area contributed by atoms with E-state index in [0.29, 0.717) is 13.1 Å². The van der Waals surface area contributed by atoms with Crippen LogP contribution >= 0.6 is 22.7 Å². The van der Waals surface area contributed by atoms with E-state index in [2.05, 4.69) is 21.4 Å². The molecule has 1 atom stereocenters. The third-order valence-corrected chi connectivity index (χ3v) is 6.94. The number of rotatable bonds is 3. The molecule has 5 rings (SSSR count). The summed E-state index contributed by atoms with van der Waals surface area (Å²) < 4.78 is 29.0. The molecule has 0 bridgehead atoms. The van der Waals surface area contributed by atoms with E-state index in [4.69, 9.17) is 0 Å². The van der Waals surface area contributed by atoms with Gasteiger partial charge < -0.3 is 4.90 Å². The Bertz CT molecular complexity index is 1250. The molecule has 30 heavy (non-hydrogen) atoms. The predicted octanol–water partition coefficient (Wildman–Crippen LogP) is 4.07. The monoisotopic (exact) mass is 443 g/mol. The fourth-order valence-corrected chi connectivity index (χ4v) is 5.42. The van der Waals surface area contributed by atoms with Crippen LogP contribution in [0.1, 0.15) is 31.7 Å². The van der Waals surface area contributed by atoms with Gasteiger partial charge in [-0.3, -0.25) is 9.48 Å². The van der Waals surface area contributed by atoms with Gasteiger partial charge >= 0.3 is 0 Å². The maximum atomic E-state index is 14.1. The van der Waals surface area contributed by atoms with E-state index in [0.717, 1.165) is 33.9 Å². The van der Waals surface area contributed by atoms with E-state index >= 15 is 0 Å². The molecule has 1 aliphatic rings. The van der Waals surface area contributed by atoms with Crippen LogP contribution in [-0.2, 0) is 13.6 Å². The number of hydrogen-bond acceptors (Lipinski definition) is 6. The van der Waals surface area contributed by atoms with Crippen molar-refractivity contribution in [3.63, 3.8) is 0 Å². The van der Waals surface area contributed by atoms with Gasteiger partial charge in [-0.25, -0.2) is 8.78 Å². The van der Waals surface area contributed by atoms with Crippen LogP contribution in [-0.4, -0.2) is 37.3 Å². The van der Waals surface area contributed by atoms with Crippen LogP contribution < -0.4 is 0 Å². The summed E-state index contributed by atoms with van der Waals surface area (Å²) in [4.78, 5) is 16.0. The Morgan fingerprint density at radius 1 is 1.23 bits per heavy atom. The van der Waals surface area contributed by atoms with Crippen LogP contribution in [0.15, 0.2) is 42.0 Å². The molecule has 0 aliphatic carbocycles. The van der Waals surface area contributed by atoms with Crippen LogP contribution in [0.2, 0.25) is 0 Å². The van der Waals surface area contributed by atoms with Gasteiger partial charge in [-0.15, -0.1) is 21.5 Å². The molecular weight excluding hydrogens is 428 g/mol. The first-order chi connectivity index (χ1) is 14.5. The highest BCUT2D eigenvalue weighted by Crippen LogP contribution is 2.37. The summed E-state index contributed by atoms with van der Waals surface area (Å²) in [7, 11) is 1.86. The number of thiophene rings is 1. The van der Waals surface area contributed by atoms with Gasteiger partial charge in [0, 0.05) is 42.2 Å². The number of aryl methyl sites for hydroxylation is 1. The highest BCUT2D eigenvalue weighted by Gasteiger charge is 2.32. The lowest BCUT2D eigenvalue weighted by molar-refractivity contribution is 0.0726. The molecule has 0 radical (unpaired) electrons. The molecule has 4 aromatic rings. The lowest BCUT2D eigenvalue weighted by Crippen LogP contribution is -2.37. The van der Waals surface area contributed by atoms with Crippen molar-refractivity contribution in [3.8, 4) is 10.6 Å². The van der Waals surface area contributed by atoms with E-state index in [1.54, 1.807) is 20.9 Å². The van der Waals surface area contributed by atoms with E-state index in [9.17, 15) is 13.6 Å². The minimum Gasteiger partial charge on any atom is -0.330 e. The van der Waals surface area contributed by atoms with Gasteiger partial charge in [-0.05, 0) is 34.7 Å². The molecule has 0 N–H and O–H groups in total. The van der Waals surface area contributed by atoms with Crippen molar-refractivity contribution in [2.24, 2.45) is 7.05 Å². The van der Waals surface area contributed by atoms with Gasteiger partial charge in [0.1, 0.15) is 11.6 Å². The zero-order chi connectivity index (χ0) is 20.8. The summed E-state index contributed by atoms with van der Waals surface area (Å²) in [6.45, 7) is 0.983. The lowest BCUT2D eigenvalue weighted by Gasteiger charge is -2.32. The largest absolute Gasteiger partial charge is 0.330 e. The topological polar surface area (TPSA) is 63.9 Å². The molecule has 0 saturated carbocycles. The number of aromatic nitrogens is 4. The Balaban J connectivity index is 1.44. The minimum absolute atomic E-state index is 0.0274. The van der Waals surface area contributed by atoms with Crippen molar-refractivity contribution < 1.29 is 13.6 Å². The fourth-order valence-electron chi connectivity index (χ4n) is 3.62. The van der Waals surface area contributed by atoms with Gasteiger partial charge in [0.15, 0.2) is 5.01 Å². The van der Waals surface area contributed by atoms with Crippen LogP contribution in [0.4, 0.5) is 8.78 Å². The van der Waals surface area contributed by atoms with Gasteiger partial charge in [0.2, 0.25) is 5.01 Å². The maximum absolute atomic E-state index is 14.1. The van der Waals surface area contributed by atoms with Gasteiger partial charge in [-0.2, -0.15) is 5.10 Å². The molecule has 1 aromatic carbocycles. The number of benzene rings is 1. The number of amides is 1. The molecule has 1 amide bonds. The van der Waals surface area contributed by atoms with Gasteiger partial charge in [0.25, 0.3) is 5.91 Å². The molecule has 0 fully saturated rings. The molecule has 4 heterocycles. The smallest absolute Gasteiger partial charge is 0.285 e. The number of carbonyl (C=O) groups is 1. The molecule has 0 spiro atoms. The zero-order valence-corrected chi connectivity index (χ0v) is 17.4. The third-order valence-electron chi connectivity index (χ3n) is 5.08. The number of nitrogens with zero attached hydrogens (tertiary/aromatic N) is 5. The normalized spacial score (nSPS) is 16.0. The average molecular weight is 444 g/mol. The van der Waals surface area contributed by atoms with Crippen LogP contribution in [0.25, 0.3) is 10.6 Å². The number of halogens is 2. The van der Waals surface area contributed by atoms with Crippen molar-refractivity contribution in [2.45, 2.75) is 12.5 Å².